The summed E-state index contributed by atoms with van der Waals surface area (Å²) < 4.78 is 56.4. The largest absolute Gasteiger partial charge is 0.464 e. The number of hydrogen-bond acceptors (Lipinski definition) is 2. The molecule has 1 unspecified atom stereocenters. The summed E-state index contributed by atoms with van der Waals surface area (Å²) in [6.45, 7) is 3.52. The second-order valence-corrected chi connectivity index (χ2v) is 4.51. The Morgan fingerprint density at radius 2 is 1.85 bits per heavy atom. The van der Waals surface area contributed by atoms with Crippen molar-refractivity contribution in [2.24, 2.45) is 0 Å². The molecule has 20 heavy (non-hydrogen) atoms. The van der Waals surface area contributed by atoms with Gasteiger partial charge in [-0.1, -0.05) is 0 Å². The van der Waals surface area contributed by atoms with Crippen LogP contribution in [0.4, 0.5) is 23.2 Å². The van der Waals surface area contributed by atoms with Gasteiger partial charge in [0, 0.05) is 5.69 Å². The van der Waals surface area contributed by atoms with E-state index in [4.69, 9.17) is 4.42 Å². The van der Waals surface area contributed by atoms with Crippen molar-refractivity contribution < 1.29 is 22.0 Å². The maximum absolute atomic E-state index is 13.2. The van der Waals surface area contributed by atoms with Crippen LogP contribution in [0.3, 0.4) is 0 Å². The normalized spacial score (nSPS) is 13.3. The fraction of sp³-hybridized carbons (Fsp3) is 0.286. The fourth-order valence-electron chi connectivity index (χ4n) is 1.84. The van der Waals surface area contributed by atoms with Crippen LogP contribution in [-0.2, 0) is 6.18 Å². The Hall–Kier alpha value is -1.98. The molecule has 0 radical (unpaired) electrons. The topological polar surface area (TPSA) is 25.2 Å². The van der Waals surface area contributed by atoms with Gasteiger partial charge in [0.2, 0.25) is 0 Å². The van der Waals surface area contributed by atoms with Gasteiger partial charge in [-0.2, -0.15) is 13.2 Å². The molecule has 0 amide bonds. The quantitative estimate of drug-likeness (QED) is 0.811. The van der Waals surface area contributed by atoms with E-state index in [1.807, 2.05) is 0 Å². The Labute approximate surface area is 113 Å². The van der Waals surface area contributed by atoms with Crippen LogP contribution in [-0.4, -0.2) is 0 Å². The van der Waals surface area contributed by atoms with Gasteiger partial charge < -0.3 is 9.73 Å². The standard InChI is InChI=1S/C14H13F4NO/c1-8-3-6-13(20-8)9(2)19-10-4-5-12(15)11(7-10)14(16,17)18/h3-7,9,19H,1-2H3. The van der Waals surface area contributed by atoms with Crippen molar-refractivity contribution in [1.82, 2.24) is 0 Å². The number of hydrogen-bond donors (Lipinski definition) is 1. The molecule has 0 aliphatic heterocycles. The zero-order valence-electron chi connectivity index (χ0n) is 10.9. The summed E-state index contributed by atoms with van der Waals surface area (Å²) >= 11 is 0. The average Bonchev–Trinajstić information content (AvgIpc) is 2.77. The molecule has 0 fully saturated rings. The summed E-state index contributed by atoms with van der Waals surface area (Å²) in [5.41, 5.74) is -1.11. The van der Waals surface area contributed by atoms with Gasteiger partial charge in [-0.3, -0.25) is 0 Å². The summed E-state index contributed by atoms with van der Waals surface area (Å²) in [7, 11) is 0. The third-order valence-electron chi connectivity index (χ3n) is 2.84. The second-order valence-electron chi connectivity index (χ2n) is 4.51. The van der Waals surface area contributed by atoms with E-state index < -0.39 is 17.6 Å². The van der Waals surface area contributed by atoms with E-state index in [9.17, 15) is 17.6 Å². The molecule has 0 spiro atoms. The maximum atomic E-state index is 13.2. The molecule has 2 rings (SSSR count). The highest BCUT2D eigenvalue weighted by Gasteiger charge is 2.34. The summed E-state index contributed by atoms with van der Waals surface area (Å²) in [5.74, 6) is 0.0219. The first-order valence-electron chi connectivity index (χ1n) is 5.97. The van der Waals surface area contributed by atoms with Crippen molar-refractivity contribution in [3.8, 4) is 0 Å². The number of alkyl halides is 3. The summed E-state index contributed by atoms with van der Waals surface area (Å²) in [6.07, 6.45) is -4.72. The summed E-state index contributed by atoms with van der Waals surface area (Å²) in [5, 5.41) is 2.85. The average molecular weight is 287 g/mol. The van der Waals surface area contributed by atoms with Gasteiger partial charge in [-0.25, -0.2) is 4.39 Å². The summed E-state index contributed by atoms with van der Waals surface area (Å²) in [6, 6.07) is 5.99. The van der Waals surface area contributed by atoms with Crippen LogP contribution in [0.2, 0.25) is 0 Å². The van der Waals surface area contributed by atoms with E-state index in [0.717, 1.165) is 12.1 Å². The predicted molar refractivity (Wildman–Crippen MR) is 66.9 cm³/mol. The smallest absolute Gasteiger partial charge is 0.419 e. The number of rotatable bonds is 3. The highest BCUT2D eigenvalue weighted by molar-refractivity contribution is 5.48. The van der Waals surface area contributed by atoms with Gasteiger partial charge in [0.25, 0.3) is 0 Å². The third kappa shape index (κ3) is 3.12. The van der Waals surface area contributed by atoms with Crippen LogP contribution in [0.5, 0.6) is 0 Å². The molecule has 1 aromatic heterocycles. The number of anilines is 1. The number of furan rings is 1. The third-order valence-corrected chi connectivity index (χ3v) is 2.84. The van der Waals surface area contributed by atoms with Crippen LogP contribution in [0.15, 0.2) is 34.7 Å². The van der Waals surface area contributed by atoms with E-state index in [1.54, 1.807) is 26.0 Å². The number of aryl methyl sites for hydroxylation is 1. The Balaban J connectivity index is 2.22. The Bertz CT molecular complexity index is 603. The minimum Gasteiger partial charge on any atom is -0.464 e. The van der Waals surface area contributed by atoms with Gasteiger partial charge >= 0.3 is 6.18 Å². The predicted octanol–water partition coefficient (Wildman–Crippen LogP) is 4.92. The van der Waals surface area contributed by atoms with Crippen LogP contribution in [0, 0.1) is 12.7 Å². The fourth-order valence-corrected chi connectivity index (χ4v) is 1.84. The monoisotopic (exact) mass is 287 g/mol. The Morgan fingerprint density at radius 1 is 1.15 bits per heavy atom. The molecule has 1 atom stereocenters. The molecule has 1 heterocycles. The van der Waals surface area contributed by atoms with Crippen LogP contribution < -0.4 is 5.32 Å². The van der Waals surface area contributed by atoms with Gasteiger partial charge in [-0.15, -0.1) is 0 Å². The summed E-state index contributed by atoms with van der Waals surface area (Å²) in [4.78, 5) is 0. The Morgan fingerprint density at radius 3 is 2.40 bits per heavy atom. The lowest BCUT2D eigenvalue weighted by Crippen LogP contribution is -2.11. The molecule has 1 aromatic carbocycles. The van der Waals surface area contributed by atoms with E-state index in [-0.39, 0.29) is 11.7 Å². The molecule has 0 saturated heterocycles. The second kappa shape index (κ2) is 5.19. The van der Waals surface area contributed by atoms with Gasteiger partial charge in [-0.05, 0) is 44.2 Å². The lowest BCUT2D eigenvalue weighted by molar-refractivity contribution is -0.139. The molecular formula is C14H13F4NO. The first-order valence-corrected chi connectivity index (χ1v) is 5.97. The molecule has 6 heteroatoms. The maximum Gasteiger partial charge on any atom is 0.419 e. The van der Waals surface area contributed by atoms with Gasteiger partial charge in [0.15, 0.2) is 0 Å². The van der Waals surface area contributed by atoms with Crippen molar-refractivity contribution in [3.05, 3.63) is 53.2 Å². The molecule has 0 aliphatic carbocycles. The van der Waals surface area contributed by atoms with Crippen LogP contribution in [0.25, 0.3) is 0 Å². The molecule has 108 valence electrons. The first kappa shape index (κ1) is 14.4. The van der Waals surface area contributed by atoms with Gasteiger partial charge in [0.05, 0.1) is 11.6 Å². The SMILES string of the molecule is Cc1ccc(C(C)Nc2ccc(F)c(C(F)(F)F)c2)o1. The number of benzene rings is 1. The molecule has 0 saturated carbocycles. The van der Waals surface area contributed by atoms with Crippen molar-refractivity contribution in [3.63, 3.8) is 0 Å². The lowest BCUT2D eigenvalue weighted by Gasteiger charge is -2.15. The highest BCUT2D eigenvalue weighted by Crippen LogP contribution is 2.33. The lowest BCUT2D eigenvalue weighted by atomic mass is 10.1. The molecular weight excluding hydrogens is 274 g/mol. The van der Waals surface area contributed by atoms with Crippen molar-refractivity contribution >= 4 is 5.69 Å². The number of halogens is 4. The Kier molecular flexibility index (Phi) is 3.74. The molecule has 2 aromatic rings. The zero-order chi connectivity index (χ0) is 14.9. The number of nitrogens with one attached hydrogen (secondary N) is 1. The van der Waals surface area contributed by atoms with Gasteiger partial charge in [0.1, 0.15) is 17.3 Å². The van der Waals surface area contributed by atoms with Crippen molar-refractivity contribution in [1.29, 1.82) is 0 Å². The highest BCUT2D eigenvalue weighted by atomic mass is 19.4. The first-order chi connectivity index (χ1) is 9.27. The molecule has 2 nitrogen and oxygen atoms in total. The van der Waals surface area contributed by atoms with Crippen molar-refractivity contribution in [2.45, 2.75) is 26.1 Å². The van der Waals surface area contributed by atoms with Crippen LogP contribution in [0.1, 0.15) is 30.0 Å². The molecule has 0 bridgehead atoms. The molecule has 0 aliphatic rings. The van der Waals surface area contributed by atoms with Crippen molar-refractivity contribution in [2.75, 3.05) is 5.32 Å². The van der Waals surface area contributed by atoms with E-state index in [1.165, 1.54) is 6.07 Å². The van der Waals surface area contributed by atoms with Crippen LogP contribution >= 0.6 is 0 Å². The molecule has 1 N–H and O–H groups in total. The minimum absolute atomic E-state index is 0.181. The zero-order valence-corrected chi connectivity index (χ0v) is 10.9. The van der Waals surface area contributed by atoms with E-state index in [2.05, 4.69) is 5.32 Å². The van der Waals surface area contributed by atoms with E-state index >= 15 is 0 Å². The minimum atomic E-state index is -4.72. The van der Waals surface area contributed by atoms with E-state index in [0.29, 0.717) is 11.5 Å².